The normalized spacial score (nSPS) is 26.5. The summed E-state index contributed by atoms with van der Waals surface area (Å²) in [4.78, 5) is 0.766. The number of sulfone groups is 1. The monoisotopic (exact) mass is 342 g/mol. The maximum Gasteiger partial charge on any atom is 0.154 e. The first kappa shape index (κ1) is 12.9. The van der Waals surface area contributed by atoms with Gasteiger partial charge >= 0.3 is 0 Å². The molecule has 0 radical (unpaired) electrons. The maximum atomic E-state index is 12.0. The lowest BCUT2D eigenvalue weighted by molar-refractivity contribution is 0.538. The number of hydrogen-bond donors (Lipinski definition) is 0. The van der Waals surface area contributed by atoms with E-state index in [1.165, 1.54) is 11.3 Å². The number of alkyl halides is 1. The van der Waals surface area contributed by atoms with Crippen molar-refractivity contribution in [2.75, 3.05) is 5.75 Å². The molecule has 1 fully saturated rings. The minimum atomic E-state index is -2.96. The van der Waals surface area contributed by atoms with E-state index < -0.39 is 9.84 Å². The predicted molar refractivity (Wildman–Crippen MR) is 72.4 cm³/mol. The van der Waals surface area contributed by atoms with Crippen LogP contribution in [0.25, 0.3) is 0 Å². The first-order chi connectivity index (χ1) is 7.52. The third-order valence-corrected chi connectivity index (χ3v) is 8.33. The highest BCUT2D eigenvalue weighted by Crippen LogP contribution is 2.41. The van der Waals surface area contributed by atoms with Gasteiger partial charge in [0.2, 0.25) is 0 Å². The molecule has 2 heterocycles. The van der Waals surface area contributed by atoms with E-state index in [1.54, 1.807) is 0 Å². The molecule has 1 aromatic heterocycles. The average Bonchev–Trinajstić information content (AvgIpc) is 2.63. The van der Waals surface area contributed by atoms with Gasteiger partial charge in [-0.2, -0.15) is 0 Å². The average molecular weight is 344 g/mol. The molecule has 1 aliphatic heterocycles. The van der Waals surface area contributed by atoms with Gasteiger partial charge in [0.1, 0.15) is 0 Å². The molecule has 0 amide bonds. The molecule has 6 heteroatoms. The molecule has 1 aliphatic rings. The third-order valence-electron chi connectivity index (χ3n) is 2.85. The Hall–Kier alpha value is 0.420. The van der Waals surface area contributed by atoms with Gasteiger partial charge in [-0.25, -0.2) is 8.42 Å². The van der Waals surface area contributed by atoms with E-state index in [0.717, 1.165) is 24.1 Å². The van der Waals surface area contributed by atoms with Crippen LogP contribution in [0.1, 0.15) is 29.0 Å². The van der Waals surface area contributed by atoms with Crippen molar-refractivity contribution < 1.29 is 8.42 Å². The minimum Gasteiger partial charge on any atom is -0.228 e. The largest absolute Gasteiger partial charge is 0.228 e. The van der Waals surface area contributed by atoms with Crippen molar-refractivity contribution in [2.24, 2.45) is 0 Å². The fourth-order valence-electron chi connectivity index (χ4n) is 1.98. The summed E-state index contributed by atoms with van der Waals surface area (Å²) >= 11 is 11.0. The molecule has 1 aromatic rings. The molecular weight excluding hydrogens is 332 g/mol. The Balaban J connectivity index is 2.28. The van der Waals surface area contributed by atoms with Crippen LogP contribution in [0.4, 0.5) is 0 Å². The standard InChI is InChI=1S/C10H12BrClO2S2/c11-9(10-7(12)4-5-15-10)8-3-1-2-6-16(8,13)14/h4-5,8-9H,1-3,6H2. The second kappa shape index (κ2) is 4.96. The topological polar surface area (TPSA) is 34.1 Å². The lowest BCUT2D eigenvalue weighted by Crippen LogP contribution is -2.31. The molecular formula is C10H12BrClO2S2. The molecule has 2 atom stereocenters. The predicted octanol–water partition coefficient (Wildman–Crippen LogP) is 3.80. The summed E-state index contributed by atoms with van der Waals surface area (Å²) in [6, 6.07) is 1.81. The quantitative estimate of drug-likeness (QED) is 0.765. The maximum absolute atomic E-state index is 12.0. The third kappa shape index (κ3) is 2.47. The summed E-state index contributed by atoms with van der Waals surface area (Å²) in [7, 11) is -2.96. The minimum absolute atomic E-state index is 0.162. The van der Waals surface area contributed by atoms with E-state index in [4.69, 9.17) is 11.6 Å². The lowest BCUT2D eigenvalue weighted by Gasteiger charge is -2.26. The van der Waals surface area contributed by atoms with Gasteiger partial charge < -0.3 is 0 Å². The summed E-state index contributed by atoms with van der Waals surface area (Å²) in [5.74, 6) is 0.308. The number of hydrogen-bond acceptors (Lipinski definition) is 3. The van der Waals surface area contributed by atoms with E-state index in [-0.39, 0.29) is 10.1 Å². The van der Waals surface area contributed by atoms with Crippen molar-refractivity contribution in [3.05, 3.63) is 21.3 Å². The van der Waals surface area contributed by atoms with Crippen LogP contribution in [0.2, 0.25) is 5.02 Å². The number of rotatable bonds is 2. The Morgan fingerprint density at radius 2 is 2.25 bits per heavy atom. The van der Waals surface area contributed by atoms with Crippen molar-refractivity contribution in [3.8, 4) is 0 Å². The molecule has 0 aromatic carbocycles. The molecule has 2 rings (SSSR count). The Labute approximate surface area is 113 Å². The van der Waals surface area contributed by atoms with Gasteiger partial charge in [0.15, 0.2) is 9.84 Å². The first-order valence-electron chi connectivity index (χ1n) is 5.11. The van der Waals surface area contributed by atoms with Gasteiger partial charge in [0, 0.05) is 4.88 Å². The number of thiophene rings is 1. The highest BCUT2D eigenvalue weighted by Gasteiger charge is 2.36. The van der Waals surface area contributed by atoms with Crippen LogP contribution in [-0.2, 0) is 9.84 Å². The van der Waals surface area contributed by atoms with Crippen LogP contribution in [-0.4, -0.2) is 19.4 Å². The van der Waals surface area contributed by atoms with Gasteiger partial charge in [-0.1, -0.05) is 34.0 Å². The SMILES string of the molecule is O=S1(=O)CCCCC1C(Br)c1sccc1Cl. The highest BCUT2D eigenvalue weighted by atomic mass is 79.9. The Morgan fingerprint density at radius 1 is 1.50 bits per heavy atom. The fraction of sp³-hybridized carbons (Fsp3) is 0.600. The van der Waals surface area contributed by atoms with Gasteiger partial charge in [0.25, 0.3) is 0 Å². The Morgan fingerprint density at radius 3 is 2.81 bits per heavy atom. The van der Waals surface area contributed by atoms with Crippen LogP contribution in [0.15, 0.2) is 11.4 Å². The summed E-state index contributed by atoms with van der Waals surface area (Å²) in [6.07, 6.45) is 2.50. The van der Waals surface area contributed by atoms with Crippen molar-refractivity contribution in [1.82, 2.24) is 0 Å². The lowest BCUT2D eigenvalue weighted by atomic mass is 10.1. The van der Waals surface area contributed by atoms with Crippen molar-refractivity contribution >= 4 is 48.7 Å². The molecule has 16 heavy (non-hydrogen) atoms. The molecule has 90 valence electrons. The van der Waals surface area contributed by atoms with Crippen LogP contribution in [0, 0.1) is 0 Å². The zero-order chi connectivity index (χ0) is 11.8. The van der Waals surface area contributed by atoms with E-state index in [0.29, 0.717) is 10.8 Å². The molecule has 0 N–H and O–H groups in total. The number of halogens is 2. The zero-order valence-corrected chi connectivity index (χ0v) is 12.5. The second-order valence-corrected chi connectivity index (χ2v) is 8.62. The molecule has 2 unspecified atom stereocenters. The van der Waals surface area contributed by atoms with E-state index in [2.05, 4.69) is 15.9 Å². The van der Waals surface area contributed by atoms with Crippen molar-refractivity contribution in [2.45, 2.75) is 29.3 Å². The molecule has 0 spiro atoms. The van der Waals surface area contributed by atoms with E-state index >= 15 is 0 Å². The van der Waals surface area contributed by atoms with Crippen LogP contribution < -0.4 is 0 Å². The Kier molecular flexibility index (Phi) is 3.99. The van der Waals surface area contributed by atoms with E-state index in [9.17, 15) is 8.42 Å². The van der Waals surface area contributed by atoms with Crippen molar-refractivity contribution in [1.29, 1.82) is 0 Å². The molecule has 0 bridgehead atoms. The van der Waals surface area contributed by atoms with E-state index in [1.807, 2.05) is 11.4 Å². The van der Waals surface area contributed by atoms with Crippen molar-refractivity contribution in [3.63, 3.8) is 0 Å². The molecule has 0 aliphatic carbocycles. The van der Waals surface area contributed by atoms with Gasteiger partial charge in [0.05, 0.1) is 20.9 Å². The van der Waals surface area contributed by atoms with Gasteiger partial charge in [-0.05, 0) is 24.3 Å². The first-order valence-corrected chi connectivity index (χ1v) is 9.00. The smallest absolute Gasteiger partial charge is 0.154 e. The zero-order valence-electron chi connectivity index (χ0n) is 8.53. The van der Waals surface area contributed by atoms with Crippen LogP contribution >= 0.6 is 38.9 Å². The molecule has 1 saturated heterocycles. The van der Waals surface area contributed by atoms with Crippen LogP contribution in [0.5, 0.6) is 0 Å². The summed E-state index contributed by atoms with van der Waals surface area (Å²) in [5.41, 5.74) is 0. The van der Waals surface area contributed by atoms with Gasteiger partial charge in [-0.15, -0.1) is 11.3 Å². The van der Waals surface area contributed by atoms with Crippen LogP contribution in [0.3, 0.4) is 0 Å². The second-order valence-electron chi connectivity index (χ2n) is 3.94. The highest BCUT2D eigenvalue weighted by molar-refractivity contribution is 9.09. The fourth-order valence-corrected chi connectivity index (χ4v) is 7.17. The molecule has 2 nitrogen and oxygen atoms in total. The molecule has 0 saturated carbocycles. The Bertz CT molecular complexity index is 469. The van der Waals surface area contributed by atoms with Gasteiger partial charge in [-0.3, -0.25) is 0 Å². The summed E-state index contributed by atoms with van der Waals surface area (Å²) in [6.45, 7) is 0. The summed E-state index contributed by atoms with van der Waals surface area (Å²) < 4.78 is 23.9. The summed E-state index contributed by atoms with van der Waals surface area (Å²) in [5, 5.41) is 2.23.